The number of methoxy groups -OCH3 is 1. The molecule has 0 aliphatic carbocycles. The number of nitrogens with zero attached hydrogens (tertiary/aromatic N) is 2. The highest BCUT2D eigenvalue weighted by Gasteiger charge is 2.33. The number of amides is 1. The summed E-state index contributed by atoms with van der Waals surface area (Å²) in [6.07, 6.45) is 0.778. The fraction of sp³-hybridized carbons (Fsp3) is 0.227. The molecule has 1 amide bonds. The minimum atomic E-state index is -0.266. The number of pyridine rings is 1. The summed E-state index contributed by atoms with van der Waals surface area (Å²) < 4.78 is 5.22. The lowest BCUT2D eigenvalue weighted by Gasteiger charge is -2.21. The zero-order chi connectivity index (χ0) is 20.5. The molecule has 1 N–H and O–H groups in total. The summed E-state index contributed by atoms with van der Waals surface area (Å²) >= 11 is 6.10. The normalized spacial score (nSPS) is 16.2. The van der Waals surface area contributed by atoms with Crippen LogP contribution in [0.3, 0.4) is 0 Å². The molecule has 1 unspecified atom stereocenters. The first kappa shape index (κ1) is 19.2. The number of rotatable bonds is 4. The van der Waals surface area contributed by atoms with Crippen LogP contribution in [0.2, 0.25) is 5.02 Å². The van der Waals surface area contributed by atoms with E-state index in [2.05, 4.69) is 10.1 Å². The van der Waals surface area contributed by atoms with Crippen molar-refractivity contribution in [3.05, 3.63) is 75.0 Å². The Hall–Kier alpha value is -3.12. The Labute approximate surface area is 172 Å². The standard InChI is InChI=1S/C22H20ClN3O3/c1-3-21(27)26-20(13-4-7-16(29-2)8-5-13)12-19(25-26)17-11-14-10-15(23)6-9-18(14)24-22(17)28/h4-11,20H,3,12H2,1-2H3,(H,24,28). The van der Waals surface area contributed by atoms with Crippen LogP contribution in [-0.2, 0) is 4.79 Å². The molecule has 3 aromatic rings. The summed E-state index contributed by atoms with van der Waals surface area (Å²) in [4.78, 5) is 28.1. The van der Waals surface area contributed by atoms with Gasteiger partial charge in [-0.15, -0.1) is 0 Å². The minimum Gasteiger partial charge on any atom is -0.497 e. The van der Waals surface area contributed by atoms with Gasteiger partial charge in [-0.1, -0.05) is 30.7 Å². The molecule has 0 radical (unpaired) electrons. The van der Waals surface area contributed by atoms with Crippen LogP contribution in [-0.4, -0.2) is 28.7 Å². The number of aromatic nitrogens is 1. The molecule has 2 heterocycles. The van der Waals surface area contributed by atoms with Gasteiger partial charge in [0, 0.05) is 28.8 Å². The average Bonchev–Trinajstić information content (AvgIpc) is 3.18. The summed E-state index contributed by atoms with van der Waals surface area (Å²) in [7, 11) is 1.61. The van der Waals surface area contributed by atoms with Crippen molar-refractivity contribution >= 4 is 34.1 Å². The quantitative estimate of drug-likeness (QED) is 0.698. The van der Waals surface area contributed by atoms with Crippen molar-refractivity contribution in [2.45, 2.75) is 25.8 Å². The van der Waals surface area contributed by atoms with E-state index in [1.165, 1.54) is 5.01 Å². The molecular weight excluding hydrogens is 390 g/mol. The number of H-pyrrole nitrogens is 1. The zero-order valence-electron chi connectivity index (χ0n) is 16.1. The Morgan fingerprint density at radius 2 is 2.00 bits per heavy atom. The summed E-state index contributed by atoms with van der Waals surface area (Å²) in [5.41, 5.74) is 2.43. The number of hydrogen-bond acceptors (Lipinski definition) is 4. The first-order valence-corrected chi connectivity index (χ1v) is 9.74. The lowest BCUT2D eigenvalue weighted by atomic mass is 9.98. The fourth-order valence-electron chi connectivity index (χ4n) is 3.54. The monoisotopic (exact) mass is 409 g/mol. The summed E-state index contributed by atoms with van der Waals surface area (Å²) in [6.45, 7) is 1.80. The number of carbonyl (C=O) groups is 1. The molecule has 0 saturated heterocycles. The van der Waals surface area contributed by atoms with Crippen molar-refractivity contribution in [2.75, 3.05) is 7.11 Å². The van der Waals surface area contributed by atoms with E-state index >= 15 is 0 Å². The molecule has 2 aromatic carbocycles. The summed E-state index contributed by atoms with van der Waals surface area (Å²) in [5, 5.41) is 7.42. The smallest absolute Gasteiger partial charge is 0.257 e. The highest BCUT2D eigenvalue weighted by molar-refractivity contribution is 6.31. The van der Waals surface area contributed by atoms with Gasteiger partial charge in [0.2, 0.25) is 5.91 Å². The molecule has 0 saturated carbocycles. The first-order valence-electron chi connectivity index (χ1n) is 9.36. The van der Waals surface area contributed by atoms with E-state index in [0.29, 0.717) is 34.7 Å². The van der Waals surface area contributed by atoms with Gasteiger partial charge in [-0.2, -0.15) is 5.10 Å². The maximum absolute atomic E-state index is 12.7. The Morgan fingerprint density at radius 3 is 2.69 bits per heavy atom. The van der Waals surface area contributed by atoms with E-state index in [4.69, 9.17) is 16.3 Å². The highest BCUT2D eigenvalue weighted by atomic mass is 35.5. The number of hydrogen-bond donors (Lipinski definition) is 1. The van der Waals surface area contributed by atoms with Gasteiger partial charge < -0.3 is 9.72 Å². The van der Waals surface area contributed by atoms with Gasteiger partial charge in [-0.25, -0.2) is 5.01 Å². The largest absolute Gasteiger partial charge is 0.497 e. The molecule has 7 heteroatoms. The van der Waals surface area contributed by atoms with Crippen molar-refractivity contribution < 1.29 is 9.53 Å². The van der Waals surface area contributed by atoms with Crippen LogP contribution in [0.25, 0.3) is 10.9 Å². The number of hydrazone groups is 1. The SMILES string of the molecule is CCC(=O)N1N=C(c2cc3cc(Cl)ccc3[nH]c2=O)CC1c1ccc(OC)cc1. The molecular formula is C22H20ClN3O3. The number of aromatic amines is 1. The lowest BCUT2D eigenvalue weighted by Crippen LogP contribution is -2.26. The van der Waals surface area contributed by atoms with E-state index in [9.17, 15) is 9.59 Å². The second-order valence-corrected chi connectivity index (χ2v) is 7.31. The molecule has 1 atom stereocenters. The number of halogens is 1. The fourth-order valence-corrected chi connectivity index (χ4v) is 3.72. The number of ether oxygens (including phenoxy) is 1. The van der Waals surface area contributed by atoms with Crippen molar-refractivity contribution in [1.82, 2.24) is 9.99 Å². The molecule has 1 aromatic heterocycles. The molecule has 4 rings (SSSR count). The third kappa shape index (κ3) is 3.63. The van der Waals surface area contributed by atoms with Crippen molar-refractivity contribution in [3.8, 4) is 5.75 Å². The topological polar surface area (TPSA) is 74.8 Å². The van der Waals surface area contributed by atoms with Gasteiger partial charge in [-0.05, 0) is 42.0 Å². The second-order valence-electron chi connectivity index (χ2n) is 6.88. The predicted octanol–water partition coefficient (Wildman–Crippen LogP) is 4.28. The summed E-state index contributed by atoms with van der Waals surface area (Å²) in [6, 6.07) is 14.4. The first-order chi connectivity index (χ1) is 14.0. The van der Waals surface area contributed by atoms with Crippen LogP contribution in [0.15, 0.2) is 58.4 Å². The lowest BCUT2D eigenvalue weighted by molar-refractivity contribution is -0.132. The van der Waals surface area contributed by atoms with Crippen LogP contribution < -0.4 is 10.3 Å². The van der Waals surface area contributed by atoms with Gasteiger partial charge in [0.25, 0.3) is 5.56 Å². The van der Waals surface area contributed by atoms with E-state index in [0.717, 1.165) is 16.7 Å². The van der Waals surface area contributed by atoms with Crippen molar-refractivity contribution in [3.63, 3.8) is 0 Å². The van der Waals surface area contributed by atoms with E-state index < -0.39 is 0 Å². The molecule has 1 aliphatic rings. The van der Waals surface area contributed by atoms with Gasteiger partial charge >= 0.3 is 0 Å². The number of nitrogens with one attached hydrogen (secondary N) is 1. The molecule has 0 fully saturated rings. The van der Waals surface area contributed by atoms with Crippen LogP contribution in [0, 0.1) is 0 Å². The van der Waals surface area contributed by atoms with Crippen LogP contribution >= 0.6 is 11.6 Å². The average molecular weight is 410 g/mol. The highest BCUT2D eigenvalue weighted by Crippen LogP contribution is 2.34. The Balaban J connectivity index is 1.76. The van der Waals surface area contributed by atoms with Gasteiger partial charge in [-0.3, -0.25) is 9.59 Å². The second kappa shape index (κ2) is 7.72. The molecule has 6 nitrogen and oxygen atoms in total. The van der Waals surface area contributed by atoms with Gasteiger partial charge in [0.15, 0.2) is 0 Å². The Kier molecular flexibility index (Phi) is 5.11. The molecule has 0 bridgehead atoms. The maximum Gasteiger partial charge on any atom is 0.257 e. The van der Waals surface area contributed by atoms with Crippen LogP contribution in [0.4, 0.5) is 0 Å². The van der Waals surface area contributed by atoms with E-state index in [1.807, 2.05) is 24.3 Å². The Bertz CT molecular complexity index is 1170. The third-order valence-electron chi connectivity index (χ3n) is 5.09. The summed E-state index contributed by atoms with van der Waals surface area (Å²) in [5.74, 6) is 0.644. The van der Waals surface area contributed by atoms with Crippen molar-refractivity contribution in [1.29, 1.82) is 0 Å². The van der Waals surface area contributed by atoms with E-state index in [1.54, 1.807) is 38.3 Å². The van der Waals surface area contributed by atoms with E-state index in [-0.39, 0.29) is 17.5 Å². The minimum absolute atomic E-state index is 0.0962. The molecule has 148 valence electrons. The van der Waals surface area contributed by atoms with Gasteiger partial charge in [0.1, 0.15) is 5.75 Å². The third-order valence-corrected chi connectivity index (χ3v) is 5.32. The van der Waals surface area contributed by atoms with Crippen LogP contribution in [0.1, 0.15) is 36.9 Å². The number of benzene rings is 2. The molecule has 1 aliphatic heterocycles. The predicted molar refractivity (Wildman–Crippen MR) is 114 cm³/mol. The maximum atomic E-state index is 12.7. The number of carbonyl (C=O) groups excluding carboxylic acids is 1. The molecule has 29 heavy (non-hydrogen) atoms. The van der Waals surface area contributed by atoms with Crippen LogP contribution in [0.5, 0.6) is 5.75 Å². The van der Waals surface area contributed by atoms with Gasteiger partial charge in [0.05, 0.1) is 24.4 Å². The molecule has 0 spiro atoms. The Morgan fingerprint density at radius 1 is 1.24 bits per heavy atom. The number of fused-ring (bicyclic) bond motifs is 1. The zero-order valence-corrected chi connectivity index (χ0v) is 16.9. The van der Waals surface area contributed by atoms with Crippen molar-refractivity contribution in [2.24, 2.45) is 5.10 Å².